The lowest BCUT2D eigenvalue weighted by Crippen LogP contribution is -2.10. The second-order valence-electron chi connectivity index (χ2n) is 4.67. The molecule has 5 heteroatoms. The van der Waals surface area contributed by atoms with Gasteiger partial charge in [-0.05, 0) is 30.7 Å². The van der Waals surface area contributed by atoms with Gasteiger partial charge >= 0.3 is 0 Å². The van der Waals surface area contributed by atoms with Gasteiger partial charge < -0.3 is 10.3 Å². The van der Waals surface area contributed by atoms with E-state index >= 15 is 0 Å². The van der Waals surface area contributed by atoms with Crippen LogP contribution in [0.4, 0.5) is 10.3 Å². The van der Waals surface area contributed by atoms with Crippen molar-refractivity contribution in [3.05, 3.63) is 58.9 Å². The van der Waals surface area contributed by atoms with Crippen LogP contribution in [0.3, 0.4) is 0 Å². The van der Waals surface area contributed by atoms with Crippen molar-refractivity contribution in [3.8, 4) is 0 Å². The molecule has 1 aromatic heterocycles. The number of aromatic nitrogens is 2. The van der Waals surface area contributed by atoms with Gasteiger partial charge in [0.15, 0.2) is 0 Å². The second kappa shape index (κ2) is 4.80. The highest BCUT2D eigenvalue weighted by Gasteiger charge is 2.17. The third-order valence-corrected chi connectivity index (χ3v) is 3.77. The molecule has 0 aliphatic heterocycles. The molecule has 0 fully saturated rings. The number of hydrogen-bond acceptors (Lipinski definition) is 2. The predicted molar refractivity (Wildman–Crippen MR) is 79.4 cm³/mol. The highest BCUT2D eigenvalue weighted by molar-refractivity contribution is 6.31. The molecular formula is C15H13ClFN3. The molecule has 0 radical (unpaired) electrons. The lowest BCUT2D eigenvalue weighted by atomic mass is 10.1. The van der Waals surface area contributed by atoms with Crippen LogP contribution in [0.15, 0.2) is 42.5 Å². The number of rotatable bonds is 2. The van der Waals surface area contributed by atoms with Crippen LogP contribution in [0.25, 0.3) is 11.0 Å². The Morgan fingerprint density at radius 3 is 2.75 bits per heavy atom. The standard InChI is InChI=1S/C15H13ClFN3/c1-9(11-4-2-3-5-12(11)16)20-14-7-6-10(17)8-13(14)19-15(20)18/h2-9H,1H3,(H2,18,19). The van der Waals surface area contributed by atoms with Crippen molar-refractivity contribution >= 4 is 28.6 Å². The summed E-state index contributed by atoms with van der Waals surface area (Å²) in [6.45, 7) is 1.99. The molecule has 0 saturated heterocycles. The highest BCUT2D eigenvalue weighted by Crippen LogP contribution is 2.31. The summed E-state index contributed by atoms with van der Waals surface area (Å²) >= 11 is 6.23. The third-order valence-electron chi connectivity index (χ3n) is 3.42. The summed E-state index contributed by atoms with van der Waals surface area (Å²) in [6, 6.07) is 12.0. The quantitative estimate of drug-likeness (QED) is 0.774. The maximum atomic E-state index is 13.3. The van der Waals surface area contributed by atoms with Crippen LogP contribution in [0.5, 0.6) is 0 Å². The molecular weight excluding hydrogens is 277 g/mol. The fraction of sp³-hybridized carbons (Fsp3) is 0.133. The van der Waals surface area contributed by atoms with Crippen molar-refractivity contribution in [3.63, 3.8) is 0 Å². The maximum absolute atomic E-state index is 13.3. The summed E-state index contributed by atoms with van der Waals surface area (Å²) in [5, 5.41) is 0.670. The van der Waals surface area contributed by atoms with Crippen LogP contribution >= 0.6 is 11.6 Å². The molecule has 0 spiro atoms. The Bertz CT molecular complexity index is 782. The zero-order chi connectivity index (χ0) is 14.3. The first-order chi connectivity index (χ1) is 9.58. The molecule has 0 saturated carbocycles. The summed E-state index contributed by atoms with van der Waals surface area (Å²) in [5.74, 6) is 0.0190. The van der Waals surface area contributed by atoms with Crippen molar-refractivity contribution in [1.29, 1.82) is 0 Å². The number of nitrogens with two attached hydrogens (primary N) is 1. The first kappa shape index (κ1) is 12.9. The van der Waals surface area contributed by atoms with Crippen molar-refractivity contribution in [2.24, 2.45) is 0 Å². The first-order valence-corrected chi connectivity index (χ1v) is 6.63. The van der Waals surface area contributed by atoms with Crippen molar-refractivity contribution < 1.29 is 4.39 Å². The molecule has 2 N–H and O–H groups in total. The number of anilines is 1. The number of benzene rings is 2. The maximum Gasteiger partial charge on any atom is 0.201 e. The average Bonchev–Trinajstić information content (AvgIpc) is 2.73. The van der Waals surface area contributed by atoms with Crippen molar-refractivity contribution in [1.82, 2.24) is 9.55 Å². The summed E-state index contributed by atoms with van der Waals surface area (Å²) in [5.41, 5.74) is 8.26. The Morgan fingerprint density at radius 2 is 2.00 bits per heavy atom. The summed E-state index contributed by atoms with van der Waals surface area (Å²) in [4.78, 5) is 4.21. The van der Waals surface area contributed by atoms with Gasteiger partial charge in [0.05, 0.1) is 17.1 Å². The van der Waals surface area contributed by atoms with Crippen LogP contribution in [0.1, 0.15) is 18.5 Å². The van der Waals surface area contributed by atoms with Gasteiger partial charge in [0.1, 0.15) is 5.82 Å². The summed E-state index contributed by atoms with van der Waals surface area (Å²) in [6.07, 6.45) is 0. The SMILES string of the molecule is CC(c1ccccc1Cl)n1c(N)nc2cc(F)ccc21. The van der Waals surface area contributed by atoms with Crippen LogP contribution in [0, 0.1) is 5.82 Å². The normalized spacial score (nSPS) is 12.8. The van der Waals surface area contributed by atoms with E-state index in [2.05, 4.69) is 4.98 Å². The number of hydrogen-bond donors (Lipinski definition) is 1. The zero-order valence-corrected chi connectivity index (χ0v) is 11.6. The third kappa shape index (κ3) is 2.02. The average molecular weight is 290 g/mol. The molecule has 3 nitrogen and oxygen atoms in total. The lowest BCUT2D eigenvalue weighted by molar-refractivity contribution is 0.628. The van der Waals surface area contributed by atoms with Crippen LogP contribution < -0.4 is 5.73 Å². The number of nitrogen functional groups attached to an aromatic ring is 1. The van der Waals surface area contributed by atoms with Gasteiger partial charge in [0.2, 0.25) is 5.95 Å². The predicted octanol–water partition coefficient (Wildman–Crippen LogP) is 4.02. The molecule has 0 bridgehead atoms. The van der Waals surface area contributed by atoms with E-state index in [4.69, 9.17) is 17.3 Å². The van der Waals surface area contributed by atoms with Gasteiger partial charge in [-0.2, -0.15) is 0 Å². The van der Waals surface area contributed by atoms with Gasteiger partial charge in [-0.1, -0.05) is 29.8 Å². The van der Waals surface area contributed by atoms with Gasteiger partial charge in [-0.3, -0.25) is 0 Å². The molecule has 0 amide bonds. The van der Waals surface area contributed by atoms with Crippen LogP contribution in [0.2, 0.25) is 5.02 Å². The van der Waals surface area contributed by atoms with E-state index in [1.54, 1.807) is 6.07 Å². The van der Waals surface area contributed by atoms with E-state index in [0.29, 0.717) is 16.5 Å². The molecule has 102 valence electrons. The minimum atomic E-state index is -0.326. The Morgan fingerprint density at radius 1 is 1.25 bits per heavy atom. The first-order valence-electron chi connectivity index (χ1n) is 6.25. The van der Waals surface area contributed by atoms with E-state index in [9.17, 15) is 4.39 Å². The van der Waals surface area contributed by atoms with Crippen LogP contribution in [-0.4, -0.2) is 9.55 Å². The number of imidazole rings is 1. The lowest BCUT2D eigenvalue weighted by Gasteiger charge is -2.17. The minimum Gasteiger partial charge on any atom is -0.369 e. The molecule has 3 aromatic rings. The molecule has 0 aliphatic carbocycles. The van der Waals surface area contributed by atoms with Crippen LogP contribution in [-0.2, 0) is 0 Å². The summed E-state index contributed by atoms with van der Waals surface area (Å²) < 4.78 is 15.1. The zero-order valence-electron chi connectivity index (χ0n) is 10.8. The highest BCUT2D eigenvalue weighted by atomic mass is 35.5. The van der Waals surface area contributed by atoms with E-state index in [-0.39, 0.29) is 11.9 Å². The van der Waals surface area contributed by atoms with E-state index < -0.39 is 0 Å². The van der Waals surface area contributed by atoms with Crippen molar-refractivity contribution in [2.75, 3.05) is 5.73 Å². The molecule has 0 aliphatic rings. The Kier molecular flexibility index (Phi) is 3.10. The van der Waals surface area contributed by atoms with Crippen molar-refractivity contribution in [2.45, 2.75) is 13.0 Å². The molecule has 1 heterocycles. The smallest absolute Gasteiger partial charge is 0.201 e. The largest absolute Gasteiger partial charge is 0.369 e. The fourth-order valence-electron chi connectivity index (χ4n) is 2.45. The Labute approximate surface area is 120 Å². The fourth-order valence-corrected chi connectivity index (χ4v) is 2.74. The topological polar surface area (TPSA) is 43.8 Å². The number of nitrogens with zero attached hydrogens (tertiary/aromatic N) is 2. The molecule has 2 aromatic carbocycles. The van der Waals surface area contributed by atoms with E-state index in [1.165, 1.54) is 12.1 Å². The second-order valence-corrected chi connectivity index (χ2v) is 5.08. The van der Waals surface area contributed by atoms with Gasteiger partial charge in [0, 0.05) is 11.1 Å². The minimum absolute atomic E-state index is 0.0841. The van der Waals surface area contributed by atoms with Gasteiger partial charge in [-0.15, -0.1) is 0 Å². The molecule has 20 heavy (non-hydrogen) atoms. The van der Waals surface area contributed by atoms with Gasteiger partial charge in [-0.25, -0.2) is 9.37 Å². The monoisotopic (exact) mass is 289 g/mol. The molecule has 3 rings (SSSR count). The number of fused-ring (bicyclic) bond motifs is 1. The molecule has 1 unspecified atom stereocenters. The molecule has 1 atom stereocenters. The van der Waals surface area contributed by atoms with E-state index in [0.717, 1.165) is 11.1 Å². The van der Waals surface area contributed by atoms with E-state index in [1.807, 2.05) is 35.8 Å². The Hall–Kier alpha value is -2.07. The summed E-state index contributed by atoms with van der Waals surface area (Å²) in [7, 11) is 0. The number of halogens is 2. The van der Waals surface area contributed by atoms with Gasteiger partial charge in [0.25, 0.3) is 0 Å². The Balaban J connectivity index is 2.19.